The van der Waals surface area contributed by atoms with Crippen LogP contribution in [0.25, 0.3) is 0 Å². The summed E-state index contributed by atoms with van der Waals surface area (Å²) in [5, 5.41) is 0. The summed E-state index contributed by atoms with van der Waals surface area (Å²) < 4.78 is 0. The highest BCUT2D eigenvalue weighted by Crippen LogP contribution is 2.21. The van der Waals surface area contributed by atoms with Gasteiger partial charge in [0.25, 0.3) is 0 Å². The minimum atomic E-state index is 0.0695. The highest BCUT2D eigenvalue weighted by Gasteiger charge is 2.11. The summed E-state index contributed by atoms with van der Waals surface area (Å²) in [5.74, 6) is 6.54. The van der Waals surface area contributed by atoms with E-state index in [4.69, 9.17) is 0 Å². The van der Waals surface area contributed by atoms with E-state index >= 15 is 0 Å². The summed E-state index contributed by atoms with van der Waals surface area (Å²) >= 11 is 0. The fourth-order valence-electron chi connectivity index (χ4n) is 1.63. The molecule has 0 aliphatic heterocycles. The van der Waals surface area contributed by atoms with Crippen molar-refractivity contribution >= 4 is 0 Å². The molecule has 0 heteroatoms. The Morgan fingerprint density at radius 3 is 2.18 bits per heavy atom. The number of hydrogen-bond donors (Lipinski definition) is 0. The molecule has 0 atom stereocenters. The molecular weight excluding hydrogens is 204 g/mol. The van der Waals surface area contributed by atoms with E-state index in [-0.39, 0.29) is 5.41 Å². The highest BCUT2D eigenvalue weighted by molar-refractivity contribution is 5.38. The predicted molar refractivity (Wildman–Crippen MR) is 75.9 cm³/mol. The first-order valence-electron chi connectivity index (χ1n) is 6.28. The Kier molecular flexibility index (Phi) is 4.04. The second-order valence-electron chi connectivity index (χ2n) is 6.94. The molecule has 1 aromatic rings. The molecule has 0 fully saturated rings. The van der Waals surface area contributed by atoms with Crippen LogP contribution in [0.5, 0.6) is 0 Å². The average molecular weight is 228 g/mol. The van der Waals surface area contributed by atoms with Gasteiger partial charge < -0.3 is 0 Å². The molecule has 0 aliphatic carbocycles. The molecule has 0 unspecified atom stereocenters. The zero-order valence-corrected chi connectivity index (χ0v) is 12.0. The zero-order valence-electron chi connectivity index (χ0n) is 12.0. The van der Waals surface area contributed by atoms with Crippen LogP contribution in [0.15, 0.2) is 24.3 Å². The van der Waals surface area contributed by atoms with Gasteiger partial charge in [0, 0.05) is 11.0 Å². The second kappa shape index (κ2) is 4.96. The molecule has 0 amide bonds. The molecule has 0 spiro atoms. The Bertz CT molecular complexity index is 428. The van der Waals surface area contributed by atoms with Crippen LogP contribution in [0.4, 0.5) is 0 Å². The van der Waals surface area contributed by atoms with Gasteiger partial charge in [0.05, 0.1) is 0 Å². The van der Waals surface area contributed by atoms with Gasteiger partial charge in [-0.25, -0.2) is 0 Å². The lowest BCUT2D eigenvalue weighted by atomic mass is 9.87. The van der Waals surface area contributed by atoms with Crippen molar-refractivity contribution in [2.75, 3.05) is 0 Å². The van der Waals surface area contributed by atoms with Gasteiger partial charge in [-0.3, -0.25) is 0 Å². The van der Waals surface area contributed by atoms with E-state index < -0.39 is 0 Å². The smallest absolute Gasteiger partial charge is 0.0248 e. The number of benzene rings is 1. The van der Waals surface area contributed by atoms with Gasteiger partial charge in [0.15, 0.2) is 0 Å². The van der Waals surface area contributed by atoms with Crippen molar-refractivity contribution in [1.29, 1.82) is 0 Å². The van der Waals surface area contributed by atoms with E-state index in [9.17, 15) is 0 Å². The monoisotopic (exact) mass is 228 g/mol. The molecule has 0 nitrogen and oxygen atoms in total. The predicted octanol–water partition coefficient (Wildman–Crippen LogP) is 4.67. The third-order valence-corrected chi connectivity index (χ3v) is 2.24. The van der Waals surface area contributed by atoms with E-state index in [0.717, 1.165) is 12.0 Å². The van der Waals surface area contributed by atoms with Gasteiger partial charge in [-0.15, -0.1) is 0 Å². The zero-order chi connectivity index (χ0) is 13.1. The van der Waals surface area contributed by atoms with Crippen LogP contribution in [-0.4, -0.2) is 0 Å². The van der Waals surface area contributed by atoms with Gasteiger partial charge in [-0.2, -0.15) is 0 Å². The van der Waals surface area contributed by atoms with Gasteiger partial charge in [-0.1, -0.05) is 44.7 Å². The van der Waals surface area contributed by atoms with Crippen LogP contribution in [-0.2, 0) is 6.42 Å². The lowest BCUT2D eigenvalue weighted by Crippen LogP contribution is -2.09. The van der Waals surface area contributed by atoms with Crippen molar-refractivity contribution < 1.29 is 0 Å². The van der Waals surface area contributed by atoms with Crippen LogP contribution in [0, 0.1) is 22.7 Å². The molecule has 0 aromatic heterocycles. The summed E-state index contributed by atoms with van der Waals surface area (Å²) in [6.45, 7) is 13.2. The number of hydrogen-bond acceptors (Lipinski definition) is 0. The molecule has 0 N–H and O–H groups in total. The third-order valence-electron chi connectivity index (χ3n) is 2.24. The Morgan fingerprint density at radius 1 is 1.00 bits per heavy atom. The first-order valence-corrected chi connectivity index (χ1v) is 6.28. The largest absolute Gasteiger partial charge is 0.0920 e. The third kappa shape index (κ3) is 6.17. The first-order chi connectivity index (χ1) is 7.66. The van der Waals surface area contributed by atoms with Crippen LogP contribution in [0.2, 0.25) is 0 Å². The summed E-state index contributed by atoms with van der Waals surface area (Å²) in [7, 11) is 0. The molecule has 0 saturated carbocycles. The molecule has 1 rings (SSSR count). The molecule has 0 radical (unpaired) electrons. The van der Waals surface area contributed by atoms with E-state index in [1.165, 1.54) is 5.56 Å². The van der Waals surface area contributed by atoms with Crippen LogP contribution in [0.3, 0.4) is 0 Å². The molecule has 17 heavy (non-hydrogen) atoms. The second-order valence-corrected chi connectivity index (χ2v) is 6.94. The lowest BCUT2D eigenvalue weighted by molar-refractivity contribution is 0.411. The lowest BCUT2D eigenvalue weighted by Gasteiger charge is -2.18. The molecule has 0 bridgehead atoms. The van der Waals surface area contributed by atoms with Gasteiger partial charge in [0.1, 0.15) is 0 Å². The summed E-state index contributed by atoms with van der Waals surface area (Å²) in [6, 6.07) is 8.59. The van der Waals surface area contributed by atoms with E-state index in [0.29, 0.717) is 5.41 Å². The Morgan fingerprint density at radius 2 is 1.65 bits per heavy atom. The standard InChI is InChI=1S/C17H24/c1-16(2,3)11-10-14-8-7-9-15(12-14)13-17(4,5)6/h7-9,12H,13H2,1-6H3. The Hall–Kier alpha value is -1.22. The Labute approximate surface area is 106 Å². The maximum absolute atomic E-state index is 3.28. The number of rotatable bonds is 1. The van der Waals surface area contributed by atoms with Crippen LogP contribution >= 0.6 is 0 Å². The van der Waals surface area contributed by atoms with Crippen molar-refractivity contribution in [3.05, 3.63) is 35.4 Å². The topological polar surface area (TPSA) is 0 Å². The van der Waals surface area contributed by atoms with E-state index in [2.05, 4.69) is 77.6 Å². The fraction of sp³-hybridized carbons (Fsp3) is 0.529. The maximum Gasteiger partial charge on any atom is 0.0248 e. The van der Waals surface area contributed by atoms with Crippen molar-refractivity contribution in [2.24, 2.45) is 10.8 Å². The summed E-state index contributed by atoms with van der Waals surface area (Å²) in [6.07, 6.45) is 1.10. The molecule has 0 aliphatic rings. The average Bonchev–Trinajstić information content (AvgIpc) is 2.11. The van der Waals surface area contributed by atoms with E-state index in [1.807, 2.05) is 0 Å². The van der Waals surface area contributed by atoms with Crippen LogP contribution in [0.1, 0.15) is 52.7 Å². The van der Waals surface area contributed by atoms with Crippen LogP contribution < -0.4 is 0 Å². The van der Waals surface area contributed by atoms with Gasteiger partial charge in [-0.05, 0) is 50.3 Å². The normalized spacial score (nSPS) is 11.9. The molecule has 1 aromatic carbocycles. The van der Waals surface area contributed by atoms with Gasteiger partial charge >= 0.3 is 0 Å². The van der Waals surface area contributed by atoms with Gasteiger partial charge in [0.2, 0.25) is 0 Å². The summed E-state index contributed by atoms with van der Waals surface area (Å²) in [5.41, 5.74) is 2.90. The SMILES string of the molecule is CC(C)(C)C#Cc1cccc(CC(C)(C)C)c1. The first kappa shape index (κ1) is 13.8. The van der Waals surface area contributed by atoms with Crippen molar-refractivity contribution in [3.63, 3.8) is 0 Å². The summed E-state index contributed by atoms with van der Waals surface area (Å²) in [4.78, 5) is 0. The van der Waals surface area contributed by atoms with Crippen molar-refractivity contribution in [2.45, 2.75) is 48.0 Å². The van der Waals surface area contributed by atoms with Crippen molar-refractivity contribution in [3.8, 4) is 11.8 Å². The maximum atomic E-state index is 3.28. The minimum absolute atomic E-state index is 0.0695. The van der Waals surface area contributed by atoms with Crippen molar-refractivity contribution in [1.82, 2.24) is 0 Å². The molecule has 0 saturated heterocycles. The highest BCUT2D eigenvalue weighted by atomic mass is 14.2. The Balaban J connectivity index is 2.90. The molecule has 92 valence electrons. The van der Waals surface area contributed by atoms with E-state index in [1.54, 1.807) is 0 Å². The quantitative estimate of drug-likeness (QED) is 0.613. The fourth-order valence-corrected chi connectivity index (χ4v) is 1.63. The minimum Gasteiger partial charge on any atom is -0.0920 e. The molecular formula is C17H24. The molecule has 0 heterocycles.